The molecule has 2 aromatic heterocycles. The number of piperidine rings is 1. The van der Waals surface area contributed by atoms with Gasteiger partial charge in [-0.3, -0.25) is 4.79 Å². The standard InChI is InChI=1S/C31H38N6O/c1-21-13-14-25-20-27(31(38)32-28(25)22(21)2)29(30-33-34-35-37(30)26-11-7-4-8-12-26)36-17-15-24(16-18-36)19-23-9-5-3-6-10-23/h3,5-6,9-10,13-14,20,24,26,29H,4,7-8,11-12,15-19H2,1-2H3,(H,32,38)/p+1. The molecule has 2 aromatic carbocycles. The number of H-pyrrole nitrogens is 1. The summed E-state index contributed by atoms with van der Waals surface area (Å²) in [6.45, 7) is 6.18. The van der Waals surface area contributed by atoms with E-state index < -0.39 is 0 Å². The maximum atomic E-state index is 13.7. The molecule has 0 amide bonds. The van der Waals surface area contributed by atoms with Gasteiger partial charge >= 0.3 is 0 Å². The number of quaternary nitrogens is 1. The predicted molar refractivity (Wildman–Crippen MR) is 149 cm³/mol. The number of fused-ring (bicyclic) bond motifs is 1. The number of aromatic nitrogens is 5. The van der Waals surface area contributed by atoms with E-state index in [1.807, 2.05) is 0 Å². The van der Waals surface area contributed by atoms with Crippen LogP contribution in [0, 0.1) is 19.8 Å². The molecule has 0 radical (unpaired) electrons. The molecule has 7 heteroatoms. The number of benzene rings is 2. The van der Waals surface area contributed by atoms with Crippen LogP contribution in [0.4, 0.5) is 0 Å². The number of hydrogen-bond donors (Lipinski definition) is 2. The Balaban J connectivity index is 1.36. The van der Waals surface area contributed by atoms with Crippen LogP contribution in [0.1, 0.15) is 85.1 Å². The van der Waals surface area contributed by atoms with E-state index in [4.69, 9.17) is 0 Å². The van der Waals surface area contributed by atoms with Gasteiger partial charge in [0.05, 0.1) is 30.2 Å². The predicted octanol–water partition coefficient (Wildman–Crippen LogP) is 4.26. The lowest BCUT2D eigenvalue weighted by atomic mass is 9.88. The van der Waals surface area contributed by atoms with Crippen molar-refractivity contribution in [3.05, 3.63) is 87.0 Å². The first kappa shape index (κ1) is 25.0. The molecule has 2 aliphatic rings. The van der Waals surface area contributed by atoms with Crippen LogP contribution >= 0.6 is 0 Å². The van der Waals surface area contributed by atoms with Gasteiger partial charge in [0.15, 0.2) is 6.04 Å². The van der Waals surface area contributed by atoms with Crippen molar-refractivity contribution >= 4 is 10.9 Å². The third kappa shape index (κ3) is 4.92. The Morgan fingerprint density at radius 1 is 1.00 bits per heavy atom. The van der Waals surface area contributed by atoms with Gasteiger partial charge in [-0.2, -0.15) is 0 Å². The number of likely N-dealkylation sites (tertiary alicyclic amines) is 1. The van der Waals surface area contributed by atoms with Crippen molar-refractivity contribution in [2.24, 2.45) is 5.92 Å². The third-order valence-electron chi connectivity index (χ3n) is 9.11. The lowest BCUT2D eigenvalue weighted by Crippen LogP contribution is -3.13. The number of nitrogens with zero attached hydrogens (tertiary/aromatic N) is 4. The summed E-state index contributed by atoms with van der Waals surface area (Å²) < 4.78 is 2.07. The Labute approximate surface area is 224 Å². The van der Waals surface area contributed by atoms with E-state index in [0.29, 0.717) is 12.0 Å². The van der Waals surface area contributed by atoms with E-state index in [2.05, 4.69) is 87.6 Å². The second-order valence-electron chi connectivity index (χ2n) is 11.5. The third-order valence-corrected chi connectivity index (χ3v) is 9.11. The number of nitrogens with one attached hydrogen (secondary N) is 2. The number of hydrogen-bond acceptors (Lipinski definition) is 4. The Morgan fingerprint density at radius 2 is 1.76 bits per heavy atom. The highest BCUT2D eigenvalue weighted by molar-refractivity contribution is 5.83. The Bertz CT molecular complexity index is 1440. The van der Waals surface area contributed by atoms with Crippen LogP contribution in [0.25, 0.3) is 10.9 Å². The van der Waals surface area contributed by atoms with Crippen molar-refractivity contribution < 1.29 is 4.90 Å². The minimum absolute atomic E-state index is 0.0201. The number of aryl methyl sites for hydroxylation is 2. The fraction of sp³-hybridized carbons (Fsp3) is 0.484. The van der Waals surface area contributed by atoms with Crippen molar-refractivity contribution in [3.8, 4) is 0 Å². The lowest BCUT2D eigenvalue weighted by molar-refractivity contribution is -0.932. The molecule has 0 spiro atoms. The quantitative estimate of drug-likeness (QED) is 0.405. The summed E-state index contributed by atoms with van der Waals surface area (Å²) in [6.07, 6.45) is 9.29. The smallest absolute Gasteiger partial charge is 0.258 e. The Kier molecular flexibility index (Phi) is 7.11. The first-order chi connectivity index (χ1) is 18.6. The Hall–Kier alpha value is -3.32. The second kappa shape index (κ2) is 10.8. The van der Waals surface area contributed by atoms with E-state index in [1.54, 1.807) is 0 Å². The molecule has 38 heavy (non-hydrogen) atoms. The molecule has 198 valence electrons. The minimum Gasteiger partial charge on any atom is -0.322 e. The molecule has 2 N–H and O–H groups in total. The first-order valence-electron chi connectivity index (χ1n) is 14.4. The SMILES string of the molecule is Cc1ccc2cc(C(c3nnnn3C3CCCCC3)[NH+]3CCC(Cc4ccccc4)CC3)c(=O)[nH]c2c1C. The van der Waals surface area contributed by atoms with Gasteiger partial charge in [-0.1, -0.05) is 61.7 Å². The van der Waals surface area contributed by atoms with E-state index in [9.17, 15) is 4.79 Å². The molecule has 1 aliphatic carbocycles. The van der Waals surface area contributed by atoms with Crippen molar-refractivity contribution in [1.82, 2.24) is 25.2 Å². The molecular formula is C31H39N6O+. The summed E-state index contributed by atoms with van der Waals surface area (Å²) in [5.41, 5.74) is 5.42. The monoisotopic (exact) mass is 511 g/mol. The minimum atomic E-state index is -0.181. The summed E-state index contributed by atoms with van der Waals surface area (Å²) >= 11 is 0. The fourth-order valence-corrected chi connectivity index (χ4v) is 6.76. The molecule has 0 bridgehead atoms. The molecule has 2 fully saturated rings. The normalized spacial score (nSPS) is 21.5. The van der Waals surface area contributed by atoms with Gasteiger partial charge in [-0.05, 0) is 90.4 Å². The molecule has 1 unspecified atom stereocenters. The van der Waals surface area contributed by atoms with Gasteiger partial charge in [-0.25, -0.2) is 4.68 Å². The van der Waals surface area contributed by atoms with Crippen LogP contribution in [0.3, 0.4) is 0 Å². The maximum absolute atomic E-state index is 13.7. The molecule has 1 atom stereocenters. The highest BCUT2D eigenvalue weighted by Crippen LogP contribution is 2.30. The average Bonchev–Trinajstić information content (AvgIpc) is 3.43. The van der Waals surface area contributed by atoms with Crippen LogP contribution in [0.15, 0.2) is 53.3 Å². The number of pyridine rings is 1. The highest BCUT2D eigenvalue weighted by atomic mass is 16.1. The van der Waals surface area contributed by atoms with Gasteiger partial charge in [0.25, 0.3) is 5.56 Å². The van der Waals surface area contributed by atoms with Gasteiger partial charge in [-0.15, -0.1) is 5.10 Å². The van der Waals surface area contributed by atoms with Crippen LogP contribution in [0.2, 0.25) is 0 Å². The van der Waals surface area contributed by atoms with Gasteiger partial charge in [0.1, 0.15) is 0 Å². The summed E-state index contributed by atoms with van der Waals surface area (Å²) in [7, 11) is 0. The van der Waals surface area contributed by atoms with E-state index in [0.717, 1.165) is 73.0 Å². The molecule has 3 heterocycles. The van der Waals surface area contributed by atoms with Gasteiger partial charge in [0.2, 0.25) is 5.82 Å². The average molecular weight is 512 g/mol. The lowest BCUT2D eigenvalue weighted by Gasteiger charge is -2.35. The maximum Gasteiger partial charge on any atom is 0.258 e. The molecule has 1 saturated carbocycles. The van der Waals surface area contributed by atoms with Crippen LogP contribution < -0.4 is 10.5 Å². The van der Waals surface area contributed by atoms with Crippen molar-refractivity contribution in [3.63, 3.8) is 0 Å². The summed E-state index contributed by atoms with van der Waals surface area (Å²) in [4.78, 5) is 18.4. The van der Waals surface area contributed by atoms with Crippen molar-refractivity contribution in [1.29, 1.82) is 0 Å². The zero-order valence-electron chi connectivity index (χ0n) is 22.6. The second-order valence-corrected chi connectivity index (χ2v) is 11.5. The highest BCUT2D eigenvalue weighted by Gasteiger charge is 2.38. The molecule has 4 aromatic rings. The Morgan fingerprint density at radius 3 is 2.53 bits per heavy atom. The largest absolute Gasteiger partial charge is 0.322 e. The molecular weight excluding hydrogens is 472 g/mol. The zero-order chi connectivity index (χ0) is 26.1. The van der Waals surface area contributed by atoms with Gasteiger partial charge < -0.3 is 9.88 Å². The van der Waals surface area contributed by atoms with Crippen molar-refractivity contribution in [2.45, 2.75) is 77.3 Å². The zero-order valence-corrected chi connectivity index (χ0v) is 22.6. The topological polar surface area (TPSA) is 80.9 Å². The van der Waals surface area contributed by atoms with Crippen LogP contribution in [-0.4, -0.2) is 38.3 Å². The molecule has 6 rings (SSSR count). The van der Waals surface area contributed by atoms with Crippen LogP contribution in [-0.2, 0) is 6.42 Å². The summed E-state index contributed by atoms with van der Waals surface area (Å²) in [5, 5.41) is 14.3. The summed E-state index contributed by atoms with van der Waals surface area (Å²) in [5.74, 6) is 1.51. The molecule has 1 saturated heterocycles. The number of rotatable bonds is 6. The van der Waals surface area contributed by atoms with Gasteiger partial charge in [0, 0.05) is 0 Å². The molecule has 7 nitrogen and oxygen atoms in total. The number of aromatic amines is 1. The van der Waals surface area contributed by atoms with Crippen LogP contribution in [0.5, 0.6) is 0 Å². The van der Waals surface area contributed by atoms with E-state index >= 15 is 0 Å². The van der Waals surface area contributed by atoms with E-state index in [-0.39, 0.29) is 11.6 Å². The number of tetrazole rings is 1. The fourth-order valence-electron chi connectivity index (χ4n) is 6.76. The summed E-state index contributed by atoms with van der Waals surface area (Å²) in [6, 6.07) is 17.3. The van der Waals surface area contributed by atoms with E-state index in [1.165, 1.54) is 35.3 Å². The van der Waals surface area contributed by atoms with Crippen molar-refractivity contribution in [2.75, 3.05) is 13.1 Å². The molecule has 1 aliphatic heterocycles. The first-order valence-corrected chi connectivity index (χ1v) is 14.4.